The SMILES string of the molecule is Cc1ccc(C(=O)NCCc2ncc[nH]2)c(N)c1. The highest BCUT2D eigenvalue weighted by atomic mass is 16.1. The van der Waals surface area contributed by atoms with Gasteiger partial charge in [-0.05, 0) is 24.6 Å². The number of anilines is 1. The molecule has 0 aliphatic carbocycles. The molecule has 1 aromatic heterocycles. The maximum Gasteiger partial charge on any atom is 0.253 e. The molecule has 5 nitrogen and oxygen atoms in total. The maximum absolute atomic E-state index is 11.9. The van der Waals surface area contributed by atoms with Crippen molar-refractivity contribution in [2.45, 2.75) is 13.3 Å². The number of aromatic nitrogens is 2. The number of aromatic amines is 1. The number of nitrogens with zero attached hydrogens (tertiary/aromatic N) is 1. The van der Waals surface area contributed by atoms with Crippen LogP contribution in [-0.2, 0) is 6.42 Å². The van der Waals surface area contributed by atoms with Gasteiger partial charge in [0.1, 0.15) is 5.82 Å². The number of amides is 1. The lowest BCUT2D eigenvalue weighted by Crippen LogP contribution is -2.26. The van der Waals surface area contributed by atoms with Gasteiger partial charge in [0.25, 0.3) is 5.91 Å². The first-order valence-corrected chi connectivity index (χ1v) is 5.79. The summed E-state index contributed by atoms with van der Waals surface area (Å²) < 4.78 is 0. The maximum atomic E-state index is 11.9. The summed E-state index contributed by atoms with van der Waals surface area (Å²) in [7, 11) is 0. The minimum atomic E-state index is -0.154. The Morgan fingerprint density at radius 3 is 3.00 bits per heavy atom. The second-order valence-corrected chi connectivity index (χ2v) is 4.13. The average molecular weight is 244 g/mol. The molecule has 0 atom stereocenters. The normalized spacial score (nSPS) is 10.3. The summed E-state index contributed by atoms with van der Waals surface area (Å²) in [6, 6.07) is 5.41. The molecule has 1 aromatic carbocycles. The van der Waals surface area contributed by atoms with Crippen molar-refractivity contribution < 1.29 is 4.79 Å². The zero-order chi connectivity index (χ0) is 13.0. The standard InChI is InChI=1S/C13H16N4O/c1-9-2-3-10(11(14)8-9)13(18)17-5-4-12-15-6-7-16-12/h2-3,6-8H,4-5,14H2,1H3,(H,15,16)(H,17,18). The quantitative estimate of drug-likeness (QED) is 0.708. The molecule has 0 saturated heterocycles. The highest BCUT2D eigenvalue weighted by molar-refractivity contribution is 5.99. The van der Waals surface area contributed by atoms with Gasteiger partial charge in [-0.3, -0.25) is 4.79 Å². The van der Waals surface area contributed by atoms with Crippen LogP contribution in [0.4, 0.5) is 5.69 Å². The van der Waals surface area contributed by atoms with Gasteiger partial charge < -0.3 is 16.0 Å². The van der Waals surface area contributed by atoms with E-state index in [0.29, 0.717) is 24.2 Å². The molecule has 2 rings (SSSR count). The van der Waals surface area contributed by atoms with E-state index in [0.717, 1.165) is 11.4 Å². The van der Waals surface area contributed by atoms with Gasteiger partial charge in [-0.1, -0.05) is 6.07 Å². The second-order valence-electron chi connectivity index (χ2n) is 4.13. The Labute approximate surface area is 105 Å². The third-order valence-corrected chi connectivity index (χ3v) is 2.65. The number of hydrogen-bond acceptors (Lipinski definition) is 3. The fourth-order valence-electron chi connectivity index (χ4n) is 1.71. The molecule has 0 spiro atoms. The summed E-state index contributed by atoms with van der Waals surface area (Å²) in [4.78, 5) is 18.9. The van der Waals surface area contributed by atoms with Gasteiger partial charge in [0, 0.05) is 31.0 Å². The highest BCUT2D eigenvalue weighted by Crippen LogP contribution is 2.13. The van der Waals surface area contributed by atoms with E-state index in [2.05, 4.69) is 15.3 Å². The molecule has 2 aromatic rings. The lowest BCUT2D eigenvalue weighted by molar-refractivity contribution is 0.0955. The van der Waals surface area contributed by atoms with Crippen LogP contribution in [0.5, 0.6) is 0 Å². The summed E-state index contributed by atoms with van der Waals surface area (Å²) in [5.41, 5.74) is 7.87. The van der Waals surface area contributed by atoms with Gasteiger partial charge >= 0.3 is 0 Å². The molecule has 94 valence electrons. The predicted molar refractivity (Wildman–Crippen MR) is 70.2 cm³/mol. The predicted octanol–water partition coefficient (Wildman–Crippen LogP) is 1.27. The third kappa shape index (κ3) is 2.88. The molecule has 1 heterocycles. The number of aryl methyl sites for hydroxylation is 1. The molecular formula is C13H16N4O. The van der Waals surface area contributed by atoms with Crippen molar-refractivity contribution in [3.05, 3.63) is 47.5 Å². The van der Waals surface area contributed by atoms with E-state index in [4.69, 9.17) is 5.73 Å². The van der Waals surface area contributed by atoms with Crippen LogP contribution in [0.15, 0.2) is 30.6 Å². The van der Waals surface area contributed by atoms with Crippen molar-refractivity contribution >= 4 is 11.6 Å². The number of nitrogen functional groups attached to an aromatic ring is 1. The summed E-state index contributed by atoms with van der Waals surface area (Å²) in [6.07, 6.45) is 4.12. The summed E-state index contributed by atoms with van der Waals surface area (Å²) in [5.74, 6) is 0.700. The first-order chi connectivity index (χ1) is 8.66. The fraction of sp³-hybridized carbons (Fsp3) is 0.231. The Kier molecular flexibility index (Phi) is 3.62. The first-order valence-electron chi connectivity index (χ1n) is 5.79. The lowest BCUT2D eigenvalue weighted by Gasteiger charge is -2.07. The minimum absolute atomic E-state index is 0.154. The Morgan fingerprint density at radius 1 is 1.50 bits per heavy atom. The van der Waals surface area contributed by atoms with E-state index in [1.807, 2.05) is 13.0 Å². The molecule has 5 heteroatoms. The number of hydrogen-bond donors (Lipinski definition) is 3. The van der Waals surface area contributed by atoms with Crippen LogP contribution in [0.3, 0.4) is 0 Å². The summed E-state index contributed by atoms with van der Waals surface area (Å²) >= 11 is 0. The van der Waals surface area contributed by atoms with Crippen LogP contribution >= 0.6 is 0 Å². The van der Waals surface area contributed by atoms with E-state index in [9.17, 15) is 4.79 Å². The molecule has 0 unspecified atom stereocenters. The molecular weight excluding hydrogens is 228 g/mol. The van der Waals surface area contributed by atoms with Crippen molar-refractivity contribution in [3.63, 3.8) is 0 Å². The van der Waals surface area contributed by atoms with Crippen LogP contribution < -0.4 is 11.1 Å². The van der Waals surface area contributed by atoms with Gasteiger partial charge in [0.05, 0.1) is 5.56 Å². The smallest absolute Gasteiger partial charge is 0.253 e. The van der Waals surface area contributed by atoms with Gasteiger partial charge in [0.2, 0.25) is 0 Å². The van der Waals surface area contributed by atoms with Gasteiger partial charge in [0.15, 0.2) is 0 Å². The van der Waals surface area contributed by atoms with Crippen LogP contribution in [0.25, 0.3) is 0 Å². The second kappa shape index (κ2) is 5.35. The van der Waals surface area contributed by atoms with Gasteiger partial charge in [-0.15, -0.1) is 0 Å². The number of imidazole rings is 1. The van der Waals surface area contributed by atoms with Gasteiger partial charge in [-0.2, -0.15) is 0 Å². The summed E-state index contributed by atoms with van der Waals surface area (Å²) in [5, 5.41) is 2.82. The van der Waals surface area contributed by atoms with E-state index in [1.54, 1.807) is 24.5 Å². The van der Waals surface area contributed by atoms with E-state index < -0.39 is 0 Å². The van der Waals surface area contributed by atoms with Crippen LogP contribution in [0, 0.1) is 6.92 Å². The number of nitrogens with one attached hydrogen (secondary N) is 2. The first kappa shape index (κ1) is 12.2. The zero-order valence-corrected chi connectivity index (χ0v) is 10.2. The number of carbonyl (C=O) groups is 1. The van der Waals surface area contributed by atoms with Crippen LogP contribution in [-0.4, -0.2) is 22.4 Å². The van der Waals surface area contributed by atoms with Crippen molar-refractivity contribution in [1.82, 2.24) is 15.3 Å². The van der Waals surface area contributed by atoms with Gasteiger partial charge in [-0.25, -0.2) is 4.98 Å². The zero-order valence-electron chi connectivity index (χ0n) is 10.2. The Morgan fingerprint density at radius 2 is 2.33 bits per heavy atom. The number of carbonyl (C=O) groups excluding carboxylic acids is 1. The molecule has 0 radical (unpaired) electrons. The Bertz CT molecular complexity index is 534. The molecule has 0 saturated carbocycles. The molecule has 0 bridgehead atoms. The molecule has 18 heavy (non-hydrogen) atoms. The topological polar surface area (TPSA) is 83.8 Å². The average Bonchev–Trinajstić information content (AvgIpc) is 2.81. The van der Waals surface area contributed by atoms with Crippen LogP contribution in [0.1, 0.15) is 21.7 Å². The Balaban J connectivity index is 1.91. The number of nitrogens with two attached hydrogens (primary N) is 1. The van der Waals surface area contributed by atoms with Crippen LogP contribution in [0.2, 0.25) is 0 Å². The largest absolute Gasteiger partial charge is 0.398 e. The van der Waals surface area contributed by atoms with E-state index in [-0.39, 0.29) is 5.91 Å². The van der Waals surface area contributed by atoms with E-state index in [1.165, 1.54) is 0 Å². The van der Waals surface area contributed by atoms with Crippen molar-refractivity contribution in [1.29, 1.82) is 0 Å². The van der Waals surface area contributed by atoms with Crippen molar-refractivity contribution in [2.75, 3.05) is 12.3 Å². The number of benzene rings is 1. The van der Waals surface area contributed by atoms with E-state index >= 15 is 0 Å². The Hall–Kier alpha value is -2.30. The molecule has 4 N–H and O–H groups in total. The molecule has 0 fully saturated rings. The third-order valence-electron chi connectivity index (χ3n) is 2.65. The lowest BCUT2D eigenvalue weighted by atomic mass is 10.1. The molecule has 1 amide bonds. The molecule has 0 aliphatic heterocycles. The number of H-pyrrole nitrogens is 1. The van der Waals surface area contributed by atoms with Crippen molar-refractivity contribution in [3.8, 4) is 0 Å². The number of rotatable bonds is 4. The fourth-order valence-corrected chi connectivity index (χ4v) is 1.71. The summed E-state index contributed by atoms with van der Waals surface area (Å²) in [6.45, 7) is 2.47. The molecule has 0 aliphatic rings. The minimum Gasteiger partial charge on any atom is -0.398 e. The monoisotopic (exact) mass is 244 g/mol. The highest BCUT2D eigenvalue weighted by Gasteiger charge is 2.08. The van der Waals surface area contributed by atoms with Crippen molar-refractivity contribution in [2.24, 2.45) is 0 Å².